The molecule has 1 aromatic heterocycles. The van der Waals surface area contributed by atoms with Crippen LogP contribution in [0.1, 0.15) is 81.2 Å². The number of alkyl carbamates (subject to hydrolysis) is 1. The number of ether oxygens (including phenoxy) is 3. The number of nitrogens with one attached hydrogen (secondary N) is 1. The molecule has 0 saturated carbocycles. The molecule has 3 rings (SSSR count). The molecule has 1 amide bonds. The maximum atomic E-state index is 12.9. The van der Waals surface area contributed by atoms with E-state index in [0.29, 0.717) is 31.7 Å². The molecule has 12 heteroatoms. The van der Waals surface area contributed by atoms with Crippen molar-refractivity contribution in [2.45, 2.75) is 136 Å². The molecule has 0 unspecified atom stereocenters. The van der Waals surface area contributed by atoms with Gasteiger partial charge in [0.25, 0.3) is 0 Å². The lowest BCUT2D eigenvalue weighted by atomic mass is 9.89. The van der Waals surface area contributed by atoms with Gasteiger partial charge >= 0.3 is 12.1 Å². The number of rotatable bonds is 10. The smallest absolute Gasteiger partial charge is 0.407 e. The Morgan fingerprint density at radius 3 is 2.27 bits per heavy atom. The number of nitrogens with zero attached hydrogens (tertiary/aromatic N) is 2. The van der Waals surface area contributed by atoms with Crippen LogP contribution >= 0.6 is 0 Å². The lowest BCUT2D eigenvalue weighted by Crippen LogP contribution is -2.56. The number of esters is 1. The molecule has 0 fully saturated rings. The Bertz CT molecular complexity index is 1340. The van der Waals surface area contributed by atoms with Crippen LogP contribution in [0.2, 0.25) is 18.1 Å². The van der Waals surface area contributed by atoms with E-state index in [-0.39, 0.29) is 11.1 Å². The predicted molar refractivity (Wildman–Crippen MR) is 176 cm³/mol. The summed E-state index contributed by atoms with van der Waals surface area (Å²) in [6.45, 7) is 24.2. The van der Waals surface area contributed by atoms with E-state index in [9.17, 15) is 9.59 Å². The fourth-order valence-corrected chi connectivity index (χ4v) is 6.01. The average Bonchev–Trinajstić information content (AvgIpc) is 3.36. The average molecular weight is 647 g/mol. The predicted octanol–water partition coefficient (Wildman–Crippen LogP) is 6.15. The van der Waals surface area contributed by atoms with Gasteiger partial charge in [0.1, 0.15) is 23.1 Å². The molecule has 252 valence electrons. The number of amides is 1. The molecule has 0 radical (unpaired) electrons. The first-order valence-corrected chi connectivity index (χ1v) is 18.5. The summed E-state index contributed by atoms with van der Waals surface area (Å²) in [6, 6.07) is 5.94. The van der Waals surface area contributed by atoms with Crippen molar-refractivity contribution in [1.29, 1.82) is 0 Å². The SMILES string of the molecule is CC(C)(C)OC(=O)NC[C@@H](Cn1cc(-c2ccc3c(c2)CC[C@H]([C@](C)(ON)C(=O)OC(C)(C)C)O3)cn1)O[Si](C)(C)C(C)(C)C. The van der Waals surface area contributed by atoms with Crippen LogP contribution in [0, 0.1) is 0 Å². The first-order chi connectivity index (χ1) is 20.5. The van der Waals surface area contributed by atoms with E-state index < -0.39 is 43.3 Å². The van der Waals surface area contributed by atoms with E-state index in [1.54, 1.807) is 27.7 Å². The normalized spacial score (nSPS) is 17.8. The van der Waals surface area contributed by atoms with Gasteiger partial charge in [-0.25, -0.2) is 15.5 Å². The van der Waals surface area contributed by atoms with Gasteiger partial charge in [-0.2, -0.15) is 5.10 Å². The Morgan fingerprint density at radius 2 is 1.69 bits per heavy atom. The van der Waals surface area contributed by atoms with E-state index in [0.717, 1.165) is 16.7 Å². The quantitative estimate of drug-likeness (QED) is 0.177. The minimum absolute atomic E-state index is 0.00270. The van der Waals surface area contributed by atoms with Crippen LogP contribution in [0.15, 0.2) is 30.6 Å². The molecule has 0 saturated heterocycles. The molecule has 3 N–H and O–H groups in total. The number of benzene rings is 1. The minimum atomic E-state index is -2.15. The molecule has 2 aromatic rings. The van der Waals surface area contributed by atoms with Gasteiger partial charge in [-0.05, 0) is 103 Å². The van der Waals surface area contributed by atoms with Crippen molar-refractivity contribution in [3.05, 3.63) is 36.2 Å². The highest BCUT2D eigenvalue weighted by atomic mass is 28.4. The van der Waals surface area contributed by atoms with Gasteiger partial charge in [0.15, 0.2) is 8.32 Å². The number of aromatic nitrogens is 2. The molecule has 45 heavy (non-hydrogen) atoms. The number of fused-ring (bicyclic) bond motifs is 1. The first kappa shape index (κ1) is 36.5. The van der Waals surface area contributed by atoms with Gasteiger partial charge in [0, 0.05) is 18.3 Å². The molecular weight excluding hydrogens is 592 g/mol. The second kappa shape index (κ2) is 13.4. The van der Waals surface area contributed by atoms with Crippen molar-refractivity contribution < 1.29 is 33.1 Å². The highest BCUT2D eigenvalue weighted by Gasteiger charge is 2.48. The van der Waals surface area contributed by atoms with Crippen molar-refractivity contribution in [3.8, 4) is 16.9 Å². The fraction of sp³-hybridized carbons (Fsp3) is 0.667. The Labute approximate surface area is 269 Å². The molecule has 2 heterocycles. The number of carbonyl (C=O) groups excluding carboxylic acids is 2. The summed E-state index contributed by atoms with van der Waals surface area (Å²) in [5.41, 5.74) is 0.213. The van der Waals surface area contributed by atoms with Gasteiger partial charge in [-0.1, -0.05) is 26.8 Å². The van der Waals surface area contributed by atoms with Crippen LogP contribution in [0.4, 0.5) is 4.79 Å². The van der Waals surface area contributed by atoms with Crippen molar-refractivity contribution in [2.24, 2.45) is 5.90 Å². The van der Waals surface area contributed by atoms with Gasteiger partial charge in [-0.15, -0.1) is 0 Å². The molecule has 1 aromatic carbocycles. The van der Waals surface area contributed by atoms with Crippen molar-refractivity contribution in [3.63, 3.8) is 0 Å². The lowest BCUT2D eigenvalue weighted by Gasteiger charge is -2.39. The lowest BCUT2D eigenvalue weighted by molar-refractivity contribution is -0.196. The summed E-state index contributed by atoms with van der Waals surface area (Å²) < 4.78 is 25.8. The fourth-order valence-electron chi connectivity index (χ4n) is 4.66. The molecule has 1 aliphatic heterocycles. The van der Waals surface area contributed by atoms with Crippen LogP contribution in [-0.2, 0) is 36.5 Å². The largest absolute Gasteiger partial charge is 0.486 e. The van der Waals surface area contributed by atoms with E-state index in [2.05, 4.69) is 50.3 Å². The van der Waals surface area contributed by atoms with Crippen LogP contribution in [0.25, 0.3) is 11.1 Å². The van der Waals surface area contributed by atoms with E-state index in [4.69, 9.17) is 29.4 Å². The van der Waals surface area contributed by atoms with Crippen LogP contribution in [-0.4, -0.2) is 65.7 Å². The molecule has 0 spiro atoms. The highest BCUT2D eigenvalue weighted by molar-refractivity contribution is 6.74. The number of nitrogens with two attached hydrogens (primary N) is 1. The summed E-state index contributed by atoms with van der Waals surface area (Å²) in [5.74, 6) is 5.71. The van der Waals surface area contributed by atoms with Gasteiger partial charge in [0.2, 0.25) is 5.60 Å². The molecular formula is C33H54N4O7Si. The zero-order chi connectivity index (χ0) is 34.0. The second-order valence-corrected chi connectivity index (χ2v) is 20.3. The monoisotopic (exact) mass is 646 g/mol. The summed E-state index contributed by atoms with van der Waals surface area (Å²) in [6.07, 6.45) is 3.61. The molecule has 11 nitrogen and oxygen atoms in total. The highest BCUT2D eigenvalue weighted by Crippen LogP contribution is 2.38. The van der Waals surface area contributed by atoms with E-state index >= 15 is 0 Å². The van der Waals surface area contributed by atoms with Crippen molar-refractivity contribution >= 4 is 20.4 Å². The Hall–Kier alpha value is -2.93. The number of aryl methyl sites for hydroxylation is 1. The number of carbonyl (C=O) groups is 2. The third-order valence-corrected chi connectivity index (χ3v) is 12.7. The number of hydrogen-bond donors (Lipinski definition) is 2. The minimum Gasteiger partial charge on any atom is -0.486 e. The third-order valence-electron chi connectivity index (χ3n) is 8.17. The zero-order valence-electron chi connectivity index (χ0n) is 29.2. The molecule has 1 aliphatic rings. The summed E-state index contributed by atoms with van der Waals surface area (Å²) in [5, 5.41) is 7.50. The van der Waals surface area contributed by atoms with E-state index in [1.165, 1.54) is 0 Å². The molecule has 0 bridgehead atoms. The summed E-state index contributed by atoms with van der Waals surface area (Å²) >= 11 is 0. The summed E-state index contributed by atoms with van der Waals surface area (Å²) in [7, 11) is -2.15. The topological polar surface area (TPSA) is 136 Å². The van der Waals surface area contributed by atoms with Crippen LogP contribution in [0.5, 0.6) is 5.75 Å². The number of hydrogen-bond acceptors (Lipinski definition) is 9. The van der Waals surface area contributed by atoms with Crippen LogP contribution in [0.3, 0.4) is 0 Å². The standard InChI is InChI=1S/C33H54N4O7Si/c1-30(2,3)41-28(38)33(10,44-34)27-16-14-23-17-22(13-15-26(23)40-27)24-18-36-37(20-24)21-25(43-45(11,12)32(7,8)9)19-35-29(39)42-31(4,5)6/h13,15,17-18,20,25,27H,14,16,19,21,34H2,1-12H3,(H,35,39)/t25-,27+,33-/m0/s1. The second-order valence-electron chi connectivity index (χ2n) is 15.5. The molecule has 3 atom stereocenters. The Morgan fingerprint density at radius 1 is 1.04 bits per heavy atom. The van der Waals surface area contributed by atoms with Crippen molar-refractivity contribution in [2.75, 3.05) is 6.54 Å². The van der Waals surface area contributed by atoms with Crippen LogP contribution < -0.4 is 16.0 Å². The Balaban J connectivity index is 1.76. The Kier molecular flexibility index (Phi) is 10.9. The zero-order valence-corrected chi connectivity index (χ0v) is 30.2. The third kappa shape index (κ3) is 9.78. The first-order valence-electron chi connectivity index (χ1n) is 15.6. The molecule has 0 aliphatic carbocycles. The maximum Gasteiger partial charge on any atom is 0.407 e. The maximum absolute atomic E-state index is 12.9. The van der Waals surface area contributed by atoms with Gasteiger partial charge < -0.3 is 24.0 Å². The van der Waals surface area contributed by atoms with Crippen molar-refractivity contribution in [1.82, 2.24) is 15.1 Å². The summed E-state index contributed by atoms with van der Waals surface area (Å²) in [4.78, 5) is 30.5. The van der Waals surface area contributed by atoms with E-state index in [1.807, 2.05) is 50.0 Å². The van der Waals surface area contributed by atoms with Gasteiger partial charge in [0.05, 0.1) is 18.8 Å². The van der Waals surface area contributed by atoms with Gasteiger partial charge in [-0.3, -0.25) is 9.52 Å².